The van der Waals surface area contributed by atoms with Crippen molar-refractivity contribution in [3.63, 3.8) is 0 Å². The molecule has 4 rings (SSSR count). The van der Waals surface area contributed by atoms with Crippen LogP contribution in [0.4, 0.5) is 16.4 Å². The summed E-state index contributed by atoms with van der Waals surface area (Å²) >= 11 is 21.1. The highest BCUT2D eigenvalue weighted by Crippen LogP contribution is 2.41. The first kappa shape index (κ1) is 20.8. The van der Waals surface area contributed by atoms with Gasteiger partial charge >= 0.3 is 0 Å². The van der Waals surface area contributed by atoms with Crippen LogP contribution in [0.1, 0.15) is 5.56 Å². The van der Waals surface area contributed by atoms with Crippen LogP contribution in [0.15, 0.2) is 52.1 Å². The lowest BCUT2D eigenvalue weighted by atomic mass is 10.2. The van der Waals surface area contributed by atoms with Crippen LogP contribution in [0.25, 0.3) is 10.1 Å². The third-order valence-electron chi connectivity index (χ3n) is 4.21. The van der Waals surface area contributed by atoms with Gasteiger partial charge in [-0.1, -0.05) is 40.9 Å². The summed E-state index contributed by atoms with van der Waals surface area (Å²) < 4.78 is 29.3. The van der Waals surface area contributed by atoms with Crippen molar-refractivity contribution < 1.29 is 8.42 Å². The molecule has 0 saturated heterocycles. The number of hydrogen-bond donors (Lipinski definition) is 2. The fourth-order valence-corrected chi connectivity index (χ4v) is 6.45. The minimum Gasteiger partial charge on any atom is -0.345 e. The Morgan fingerprint density at radius 3 is 2.38 bits per heavy atom. The van der Waals surface area contributed by atoms with E-state index in [1.54, 1.807) is 28.8 Å². The molecule has 0 radical (unpaired) electrons. The Hall–Kier alpha value is -1.48. The van der Waals surface area contributed by atoms with Crippen LogP contribution in [0, 0.1) is 6.92 Å². The van der Waals surface area contributed by atoms with Crippen molar-refractivity contribution in [3.8, 4) is 0 Å². The van der Waals surface area contributed by atoms with Gasteiger partial charge in [-0.2, -0.15) is 0 Å². The number of hydrogen-bond acceptors (Lipinski definition) is 5. The molecule has 0 bridgehead atoms. The van der Waals surface area contributed by atoms with Crippen LogP contribution in [-0.2, 0) is 10.0 Å². The number of sulfonamides is 1. The number of halogens is 3. The van der Waals surface area contributed by atoms with E-state index in [4.69, 9.17) is 34.8 Å². The summed E-state index contributed by atoms with van der Waals surface area (Å²) in [6, 6.07) is 12.0. The predicted octanol–water partition coefficient (Wildman–Crippen LogP) is 7.78. The molecule has 0 aliphatic carbocycles. The van der Waals surface area contributed by atoms with E-state index in [1.165, 1.54) is 12.1 Å². The number of anilines is 3. The largest absolute Gasteiger partial charge is 0.345 e. The van der Waals surface area contributed by atoms with Crippen LogP contribution in [0.2, 0.25) is 15.1 Å². The zero-order valence-corrected chi connectivity index (χ0v) is 19.5. The van der Waals surface area contributed by atoms with Crippen LogP contribution in [0.5, 0.6) is 0 Å². The molecule has 4 aromatic rings. The molecule has 29 heavy (non-hydrogen) atoms. The van der Waals surface area contributed by atoms with E-state index in [9.17, 15) is 8.42 Å². The number of thiophene rings is 2. The van der Waals surface area contributed by atoms with Gasteiger partial charge in [0.1, 0.15) is 4.21 Å². The topological polar surface area (TPSA) is 58.2 Å². The maximum absolute atomic E-state index is 12.7. The maximum atomic E-state index is 12.7. The average Bonchev–Trinajstić information content (AvgIpc) is 3.30. The van der Waals surface area contributed by atoms with Crippen LogP contribution in [0.3, 0.4) is 0 Å². The first-order valence-electron chi connectivity index (χ1n) is 8.25. The van der Waals surface area contributed by atoms with Gasteiger partial charge in [-0.25, -0.2) is 8.42 Å². The average molecular weight is 504 g/mol. The number of aryl methyl sites for hydroxylation is 1. The molecule has 2 aromatic heterocycles. The maximum Gasteiger partial charge on any atom is 0.271 e. The molecule has 0 amide bonds. The third-order valence-corrected chi connectivity index (χ3v) is 9.12. The molecule has 10 heteroatoms. The van der Waals surface area contributed by atoms with Crippen molar-refractivity contribution in [2.75, 3.05) is 10.0 Å². The van der Waals surface area contributed by atoms with Crippen molar-refractivity contribution >= 4 is 94.0 Å². The summed E-state index contributed by atoms with van der Waals surface area (Å²) in [6.07, 6.45) is 0. The molecular weight excluding hydrogens is 491 g/mol. The summed E-state index contributed by atoms with van der Waals surface area (Å²) in [5.41, 5.74) is 1.81. The molecule has 0 saturated carbocycles. The molecule has 0 atom stereocenters. The molecule has 2 aromatic carbocycles. The van der Waals surface area contributed by atoms with Gasteiger partial charge in [0.05, 0.1) is 26.4 Å². The molecule has 4 nitrogen and oxygen atoms in total. The molecule has 0 aliphatic heterocycles. The molecule has 2 heterocycles. The Morgan fingerprint density at radius 2 is 1.69 bits per heavy atom. The van der Waals surface area contributed by atoms with Crippen molar-refractivity contribution in [1.29, 1.82) is 0 Å². The van der Waals surface area contributed by atoms with Crippen LogP contribution < -0.4 is 10.0 Å². The van der Waals surface area contributed by atoms with E-state index in [0.717, 1.165) is 32.0 Å². The van der Waals surface area contributed by atoms with Gasteiger partial charge in [-0.3, -0.25) is 4.72 Å². The van der Waals surface area contributed by atoms with Crippen LogP contribution >= 0.6 is 57.5 Å². The van der Waals surface area contributed by atoms with Gasteiger partial charge < -0.3 is 5.32 Å². The monoisotopic (exact) mass is 502 g/mol. The van der Waals surface area contributed by atoms with Crippen LogP contribution in [-0.4, -0.2) is 8.42 Å². The van der Waals surface area contributed by atoms with Crippen molar-refractivity contribution in [2.45, 2.75) is 11.1 Å². The van der Waals surface area contributed by atoms with Gasteiger partial charge in [-0.05, 0) is 59.7 Å². The Labute approximate surface area is 191 Å². The van der Waals surface area contributed by atoms with E-state index in [2.05, 4.69) is 10.0 Å². The van der Waals surface area contributed by atoms with E-state index in [0.29, 0.717) is 21.4 Å². The highest BCUT2D eigenvalue weighted by Gasteiger charge is 2.19. The molecule has 2 N–H and O–H groups in total. The summed E-state index contributed by atoms with van der Waals surface area (Å²) in [7, 11) is -3.74. The second kappa shape index (κ2) is 7.98. The zero-order valence-electron chi connectivity index (χ0n) is 14.8. The first-order chi connectivity index (χ1) is 13.7. The van der Waals surface area contributed by atoms with Crippen molar-refractivity contribution in [1.82, 2.24) is 0 Å². The summed E-state index contributed by atoms with van der Waals surface area (Å²) in [6.45, 7) is 1.98. The van der Waals surface area contributed by atoms with E-state index >= 15 is 0 Å². The number of nitrogens with one attached hydrogen (secondary N) is 2. The predicted molar refractivity (Wildman–Crippen MR) is 126 cm³/mol. The molecule has 0 fully saturated rings. The second-order valence-corrected chi connectivity index (χ2v) is 11.3. The van der Waals surface area contributed by atoms with Gasteiger partial charge in [0.15, 0.2) is 0 Å². The molecule has 0 spiro atoms. The Bertz CT molecular complexity index is 1320. The lowest BCUT2D eigenvalue weighted by Crippen LogP contribution is -2.12. The standard InChI is InChI=1S/C19H13Cl3N2O2S3/c1-10-12-7-11(20)4-5-17(12)28-19(10)23-15-8-13(21)14(22)9-16(15)24-29(25,26)18-3-2-6-27-18/h2-9,23-24H,1H3. The van der Waals surface area contributed by atoms with Crippen molar-refractivity contribution in [2.24, 2.45) is 0 Å². The second-order valence-electron chi connectivity index (χ2n) is 6.17. The summed E-state index contributed by atoms with van der Waals surface area (Å²) in [4.78, 5) is 0. The zero-order chi connectivity index (χ0) is 20.8. The fourth-order valence-electron chi connectivity index (χ4n) is 2.78. The fraction of sp³-hybridized carbons (Fsp3) is 0.0526. The van der Waals surface area contributed by atoms with E-state index in [1.807, 2.05) is 25.1 Å². The Kier molecular flexibility index (Phi) is 5.72. The third kappa shape index (κ3) is 4.21. The molecule has 0 unspecified atom stereocenters. The Morgan fingerprint density at radius 1 is 0.966 bits per heavy atom. The number of fused-ring (bicyclic) bond motifs is 1. The van der Waals surface area contributed by atoms with Gasteiger partial charge in [-0.15, -0.1) is 22.7 Å². The SMILES string of the molecule is Cc1c(Nc2cc(Cl)c(Cl)cc2NS(=O)(=O)c2cccs2)sc2ccc(Cl)cc12. The van der Waals surface area contributed by atoms with Crippen molar-refractivity contribution in [3.05, 3.63) is 68.5 Å². The number of benzene rings is 2. The molecule has 150 valence electrons. The highest BCUT2D eigenvalue weighted by atomic mass is 35.5. The molecular formula is C19H13Cl3N2O2S3. The lowest BCUT2D eigenvalue weighted by Gasteiger charge is -2.15. The lowest BCUT2D eigenvalue weighted by molar-refractivity contribution is 0.603. The normalized spacial score (nSPS) is 11.7. The number of rotatable bonds is 5. The quantitative estimate of drug-likeness (QED) is 0.292. The van der Waals surface area contributed by atoms with Gasteiger partial charge in [0.2, 0.25) is 0 Å². The first-order valence-corrected chi connectivity index (χ1v) is 12.6. The summed E-state index contributed by atoms with van der Waals surface area (Å²) in [5.74, 6) is 0. The molecule has 0 aliphatic rings. The smallest absolute Gasteiger partial charge is 0.271 e. The van der Waals surface area contributed by atoms with Gasteiger partial charge in [0, 0.05) is 9.72 Å². The van der Waals surface area contributed by atoms with E-state index < -0.39 is 10.0 Å². The summed E-state index contributed by atoms with van der Waals surface area (Å²) in [5, 5.41) is 8.11. The van der Waals surface area contributed by atoms with Gasteiger partial charge in [0.25, 0.3) is 10.0 Å². The van der Waals surface area contributed by atoms with E-state index in [-0.39, 0.29) is 9.23 Å². The minimum absolute atomic E-state index is 0.210. The minimum atomic E-state index is -3.74. The Balaban J connectivity index is 1.76. The highest BCUT2D eigenvalue weighted by molar-refractivity contribution is 7.94.